The molecule has 0 aromatic carbocycles. The van der Waals surface area contributed by atoms with Crippen molar-refractivity contribution in [1.82, 2.24) is 10.2 Å². The third-order valence-electron chi connectivity index (χ3n) is 3.08. The summed E-state index contributed by atoms with van der Waals surface area (Å²) in [6.07, 6.45) is 0.819. The van der Waals surface area contributed by atoms with Gasteiger partial charge < -0.3 is 15.3 Å². The lowest BCUT2D eigenvalue weighted by atomic mass is 10.2. The van der Waals surface area contributed by atoms with E-state index in [0.29, 0.717) is 19.4 Å². The molecule has 7 heteroatoms. The molecule has 18 heavy (non-hydrogen) atoms. The molecule has 0 aliphatic carbocycles. The second kappa shape index (κ2) is 7.06. The van der Waals surface area contributed by atoms with Gasteiger partial charge in [-0.3, -0.25) is 4.79 Å². The topological polar surface area (TPSA) is 86.7 Å². The molecule has 1 fully saturated rings. The van der Waals surface area contributed by atoms with E-state index < -0.39 is 9.84 Å². The highest BCUT2D eigenvalue weighted by Gasteiger charge is 2.33. The summed E-state index contributed by atoms with van der Waals surface area (Å²) in [5.74, 6) is 0.0760. The van der Waals surface area contributed by atoms with Crippen LogP contribution >= 0.6 is 0 Å². The Kier molecular flexibility index (Phi) is 6.04. The van der Waals surface area contributed by atoms with Gasteiger partial charge in [-0.05, 0) is 13.0 Å². The molecule has 0 radical (unpaired) electrons. The standard InChI is InChI=1S/C11H22N2O4S/c1-2-12-5-3-11(15)13(6-7-14)10-4-8-18(16,17)9-10/h10,12,14H,2-9H2,1H3. The fraction of sp³-hybridized carbons (Fsp3) is 0.909. The van der Waals surface area contributed by atoms with E-state index in [1.54, 1.807) is 0 Å². The number of nitrogens with one attached hydrogen (secondary N) is 1. The minimum atomic E-state index is -3.01. The summed E-state index contributed by atoms with van der Waals surface area (Å²) in [5, 5.41) is 12.0. The summed E-state index contributed by atoms with van der Waals surface area (Å²) in [7, 11) is -3.01. The van der Waals surface area contributed by atoms with Gasteiger partial charge in [-0.1, -0.05) is 6.92 Å². The Balaban J connectivity index is 2.56. The smallest absolute Gasteiger partial charge is 0.224 e. The normalized spacial score (nSPS) is 22.0. The molecule has 2 N–H and O–H groups in total. The molecule has 0 spiro atoms. The quantitative estimate of drug-likeness (QED) is 0.583. The molecular weight excluding hydrogens is 256 g/mol. The summed E-state index contributed by atoms with van der Waals surface area (Å²) >= 11 is 0. The molecule has 0 aromatic heterocycles. The molecule has 106 valence electrons. The zero-order valence-corrected chi connectivity index (χ0v) is 11.6. The monoisotopic (exact) mass is 278 g/mol. The van der Waals surface area contributed by atoms with Gasteiger partial charge in [0.05, 0.1) is 18.1 Å². The maximum Gasteiger partial charge on any atom is 0.224 e. The van der Waals surface area contributed by atoms with Crippen LogP contribution in [0, 0.1) is 0 Å². The van der Waals surface area contributed by atoms with Crippen LogP contribution in [0.2, 0.25) is 0 Å². The van der Waals surface area contributed by atoms with Gasteiger partial charge in [0, 0.05) is 25.6 Å². The third kappa shape index (κ3) is 4.55. The van der Waals surface area contributed by atoms with Crippen molar-refractivity contribution in [2.24, 2.45) is 0 Å². The first-order valence-electron chi connectivity index (χ1n) is 6.31. The van der Waals surface area contributed by atoms with E-state index in [0.717, 1.165) is 6.54 Å². The van der Waals surface area contributed by atoms with Crippen molar-refractivity contribution >= 4 is 15.7 Å². The first-order valence-corrected chi connectivity index (χ1v) is 8.13. The Bertz CT molecular complexity index is 369. The predicted molar refractivity (Wildman–Crippen MR) is 69.0 cm³/mol. The molecule has 1 saturated heterocycles. The van der Waals surface area contributed by atoms with Gasteiger partial charge in [0.1, 0.15) is 0 Å². The summed E-state index contributed by atoms with van der Waals surface area (Å²) in [5.41, 5.74) is 0. The molecular formula is C11H22N2O4S. The molecule has 1 unspecified atom stereocenters. The molecule has 6 nitrogen and oxygen atoms in total. The Labute approximate surface area is 108 Å². The van der Waals surface area contributed by atoms with Gasteiger partial charge >= 0.3 is 0 Å². The van der Waals surface area contributed by atoms with Crippen molar-refractivity contribution in [2.45, 2.75) is 25.8 Å². The lowest BCUT2D eigenvalue weighted by Gasteiger charge is -2.27. The molecule has 0 bridgehead atoms. The lowest BCUT2D eigenvalue weighted by molar-refractivity contribution is -0.133. The van der Waals surface area contributed by atoms with Crippen LogP contribution in [0.25, 0.3) is 0 Å². The number of carbonyl (C=O) groups is 1. The number of nitrogens with zero attached hydrogens (tertiary/aromatic N) is 1. The van der Waals surface area contributed by atoms with Gasteiger partial charge in [-0.2, -0.15) is 0 Å². The van der Waals surface area contributed by atoms with Gasteiger partial charge in [0.2, 0.25) is 5.91 Å². The number of aliphatic hydroxyl groups excluding tert-OH is 1. The van der Waals surface area contributed by atoms with Crippen molar-refractivity contribution in [2.75, 3.05) is 37.7 Å². The molecule has 0 saturated carbocycles. The van der Waals surface area contributed by atoms with E-state index in [1.807, 2.05) is 6.92 Å². The number of aliphatic hydroxyl groups is 1. The molecule has 1 aliphatic rings. The van der Waals surface area contributed by atoms with Crippen molar-refractivity contribution in [3.63, 3.8) is 0 Å². The number of sulfone groups is 1. The molecule has 1 aliphatic heterocycles. The fourth-order valence-corrected chi connectivity index (χ4v) is 3.89. The lowest BCUT2D eigenvalue weighted by Crippen LogP contribution is -2.43. The maximum absolute atomic E-state index is 12.0. The highest BCUT2D eigenvalue weighted by molar-refractivity contribution is 7.91. The zero-order chi connectivity index (χ0) is 13.6. The Morgan fingerprint density at radius 3 is 2.72 bits per heavy atom. The molecule has 1 rings (SSSR count). The third-order valence-corrected chi connectivity index (χ3v) is 4.83. The van der Waals surface area contributed by atoms with E-state index in [-0.39, 0.29) is 36.6 Å². The summed E-state index contributed by atoms with van der Waals surface area (Å²) in [6, 6.07) is -0.267. The highest BCUT2D eigenvalue weighted by Crippen LogP contribution is 2.18. The van der Waals surface area contributed by atoms with Crippen LogP contribution in [0.1, 0.15) is 19.8 Å². The summed E-state index contributed by atoms with van der Waals surface area (Å²) < 4.78 is 22.8. The van der Waals surface area contributed by atoms with Crippen molar-refractivity contribution < 1.29 is 18.3 Å². The molecule has 0 aromatic rings. The second-order valence-electron chi connectivity index (χ2n) is 4.47. The molecule has 1 amide bonds. The van der Waals surface area contributed by atoms with E-state index in [2.05, 4.69) is 5.32 Å². The van der Waals surface area contributed by atoms with Crippen LogP contribution in [-0.2, 0) is 14.6 Å². The van der Waals surface area contributed by atoms with Gasteiger partial charge in [-0.15, -0.1) is 0 Å². The molecule has 1 heterocycles. The first-order chi connectivity index (χ1) is 8.50. The van der Waals surface area contributed by atoms with E-state index in [1.165, 1.54) is 4.90 Å². The van der Waals surface area contributed by atoms with E-state index in [4.69, 9.17) is 5.11 Å². The van der Waals surface area contributed by atoms with Crippen molar-refractivity contribution in [3.05, 3.63) is 0 Å². The Morgan fingerprint density at radius 2 is 2.22 bits per heavy atom. The number of hydrogen-bond acceptors (Lipinski definition) is 5. The van der Waals surface area contributed by atoms with E-state index in [9.17, 15) is 13.2 Å². The second-order valence-corrected chi connectivity index (χ2v) is 6.70. The largest absolute Gasteiger partial charge is 0.395 e. The number of carbonyl (C=O) groups excluding carboxylic acids is 1. The fourth-order valence-electron chi connectivity index (χ4n) is 2.16. The Hall–Kier alpha value is -0.660. The van der Waals surface area contributed by atoms with Crippen molar-refractivity contribution in [3.8, 4) is 0 Å². The van der Waals surface area contributed by atoms with Crippen LogP contribution < -0.4 is 5.32 Å². The minimum absolute atomic E-state index is 0.0277. The van der Waals surface area contributed by atoms with Crippen molar-refractivity contribution in [1.29, 1.82) is 0 Å². The zero-order valence-electron chi connectivity index (χ0n) is 10.8. The average Bonchev–Trinajstić information content (AvgIpc) is 2.66. The SMILES string of the molecule is CCNCCC(=O)N(CCO)C1CCS(=O)(=O)C1. The molecule has 1 atom stereocenters. The number of hydrogen-bond donors (Lipinski definition) is 2. The number of rotatable bonds is 7. The van der Waals surface area contributed by atoms with Crippen LogP contribution in [0.5, 0.6) is 0 Å². The first kappa shape index (κ1) is 15.4. The maximum atomic E-state index is 12.0. The highest BCUT2D eigenvalue weighted by atomic mass is 32.2. The van der Waals surface area contributed by atoms with E-state index >= 15 is 0 Å². The van der Waals surface area contributed by atoms with Gasteiger partial charge in [-0.25, -0.2) is 8.42 Å². The minimum Gasteiger partial charge on any atom is -0.395 e. The predicted octanol–water partition coefficient (Wildman–Crippen LogP) is -1.01. The summed E-state index contributed by atoms with van der Waals surface area (Å²) in [6.45, 7) is 3.41. The van der Waals surface area contributed by atoms with Gasteiger partial charge in [0.25, 0.3) is 0 Å². The average molecular weight is 278 g/mol. The van der Waals surface area contributed by atoms with Gasteiger partial charge in [0.15, 0.2) is 9.84 Å². The van der Waals surface area contributed by atoms with Crippen LogP contribution in [0.15, 0.2) is 0 Å². The summed E-state index contributed by atoms with van der Waals surface area (Å²) in [4.78, 5) is 13.5. The van der Waals surface area contributed by atoms with Crippen LogP contribution in [0.3, 0.4) is 0 Å². The number of amides is 1. The Morgan fingerprint density at radius 1 is 1.50 bits per heavy atom. The van der Waals surface area contributed by atoms with Crippen LogP contribution in [-0.4, -0.2) is 68.1 Å². The van der Waals surface area contributed by atoms with Crippen LogP contribution in [0.4, 0.5) is 0 Å².